The molecular formula is C12H12BrN3O3. The maximum absolute atomic E-state index is 11.8. The molecule has 2 rings (SSSR count). The summed E-state index contributed by atoms with van der Waals surface area (Å²) in [5.74, 6) is -0.455. The lowest BCUT2D eigenvalue weighted by atomic mass is 10.2. The Balaban J connectivity index is 2.20. The molecule has 1 aromatic rings. The van der Waals surface area contributed by atoms with Gasteiger partial charge in [-0.3, -0.25) is 4.79 Å². The third-order valence-corrected chi connectivity index (χ3v) is 3.38. The van der Waals surface area contributed by atoms with Crippen LogP contribution in [0.5, 0.6) is 0 Å². The molecule has 1 aliphatic rings. The summed E-state index contributed by atoms with van der Waals surface area (Å²) in [7, 11) is 0. The Morgan fingerprint density at radius 3 is 2.58 bits per heavy atom. The summed E-state index contributed by atoms with van der Waals surface area (Å²) in [5, 5.41) is 5.14. The normalized spacial score (nSPS) is 18.4. The number of nitrogens with two attached hydrogens (primary N) is 1. The number of carbonyl (C=O) groups is 2. The Bertz CT molecular complexity index is 542. The monoisotopic (exact) mass is 325 g/mol. The second kappa shape index (κ2) is 5.40. The number of hydrogen-bond donors (Lipinski definition) is 1. The van der Waals surface area contributed by atoms with Crippen LogP contribution in [0.3, 0.4) is 0 Å². The zero-order valence-corrected chi connectivity index (χ0v) is 11.8. The van der Waals surface area contributed by atoms with Crippen LogP contribution < -0.4 is 10.7 Å². The highest BCUT2D eigenvalue weighted by Gasteiger charge is 2.33. The Hall–Kier alpha value is -1.89. The summed E-state index contributed by atoms with van der Waals surface area (Å²) in [4.78, 5) is 22.7. The van der Waals surface area contributed by atoms with Gasteiger partial charge in [0.1, 0.15) is 5.84 Å². The fourth-order valence-electron chi connectivity index (χ4n) is 1.59. The molecule has 0 spiro atoms. The number of amidine groups is 1. The predicted octanol–water partition coefficient (Wildman–Crippen LogP) is 1.25. The van der Waals surface area contributed by atoms with Crippen molar-refractivity contribution in [1.29, 1.82) is 0 Å². The molecule has 6 nitrogen and oxygen atoms in total. The van der Waals surface area contributed by atoms with Crippen LogP contribution in [-0.2, 0) is 9.53 Å². The van der Waals surface area contributed by atoms with E-state index in [1.165, 1.54) is 5.01 Å². The molecule has 1 atom stereocenters. The quantitative estimate of drug-likeness (QED) is 0.669. The number of anilines is 1. The minimum Gasteiger partial charge on any atom is -0.462 e. The van der Waals surface area contributed by atoms with Crippen LogP contribution in [0.25, 0.3) is 0 Å². The number of benzene rings is 1. The second-order valence-electron chi connectivity index (χ2n) is 3.80. The molecule has 1 unspecified atom stereocenters. The molecule has 1 aromatic carbocycles. The van der Waals surface area contributed by atoms with E-state index >= 15 is 0 Å². The lowest BCUT2D eigenvalue weighted by Gasteiger charge is -2.12. The van der Waals surface area contributed by atoms with Crippen LogP contribution in [0.1, 0.15) is 17.3 Å². The molecule has 0 saturated heterocycles. The number of esters is 1. The molecule has 7 heteroatoms. The van der Waals surface area contributed by atoms with Crippen molar-refractivity contribution < 1.29 is 14.3 Å². The van der Waals surface area contributed by atoms with Crippen LogP contribution in [0, 0.1) is 0 Å². The standard InChI is InChI=1S/C12H12BrN3O3/c1-2-19-12(18)7-3-5-8(6-4-7)16-11(17)9(13)10(14)15-16/h3-6,9H,2H2,1H3,(H2,14,15). The maximum Gasteiger partial charge on any atom is 0.338 e. The van der Waals surface area contributed by atoms with Crippen molar-refractivity contribution in [2.45, 2.75) is 11.8 Å². The molecule has 0 saturated carbocycles. The smallest absolute Gasteiger partial charge is 0.338 e. The first kappa shape index (κ1) is 13.5. The number of rotatable bonds is 3. The van der Waals surface area contributed by atoms with Crippen LogP contribution in [0.15, 0.2) is 29.4 Å². The summed E-state index contributed by atoms with van der Waals surface area (Å²) in [6, 6.07) is 6.39. The molecular weight excluding hydrogens is 314 g/mol. The minimum atomic E-state index is -0.600. The van der Waals surface area contributed by atoms with E-state index in [0.29, 0.717) is 17.9 Å². The van der Waals surface area contributed by atoms with Crippen molar-refractivity contribution >= 4 is 39.3 Å². The Morgan fingerprint density at radius 2 is 2.11 bits per heavy atom. The Kier molecular flexibility index (Phi) is 3.84. The molecule has 0 aliphatic carbocycles. The van der Waals surface area contributed by atoms with Crippen molar-refractivity contribution in [3.63, 3.8) is 0 Å². The van der Waals surface area contributed by atoms with E-state index in [-0.39, 0.29) is 11.7 Å². The van der Waals surface area contributed by atoms with Crippen LogP contribution in [0.4, 0.5) is 5.69 Å². The lowest BCUT2D eigenvalue weighted by molar-refractivity contribution is -0.116. The van der Waals surface area contributed by atoms with E-state index in [0.717, 1.165) is 0 Å². The van der Waals surface area contributed by atoms with E-state index in [4.69, 9.17) is 10.5 Å². The zero-order chi connectivity index (χ0) is 14.0. The van der Waals surface area contributed by atoms with Gasteiger partial charge < -0.3 is 10.5 Å². The van der Waals surface area contributed by atoms with Gasteiger partial charge in [0.25, 0.3) is 5.91 Å². The van der Waals surface area contributed by atoms with Gasteiger partial charge in [-0.25, -0.2) is 4.79 Å². The van der Waals surface area contributed by atoms with Crippen LogP contribution >= 0.6 is 15.9 Å². The van der Waals surface area contributed by atoms with Gasteiger partial charge in [0, 0.05) is 0 Å². The maximum atomic E-state index is 11.8. The fourth-order valence-corrected chi connectivity index (χ4v) is 1.87. The molecule has 100 valence electrons. The number of ether oxygens (including phenoxy) is 1. The number of hydrazone groups is 1. The van der Waals surface area contributed by atoms with E-state index in [1.54, 1.807) is 31.2 Å². The number of halogens is 1. The number of amides is 1. The molecule has 0 radical (unpaired) electrons. The van der Waals surface area contributed by atoms with E-state index in [2.05, 4.69) is 21.0 Å². The average molecular weight is 326 g/mol. The molecule has 0 fully saturated rings. The first-order valence-corrected chi connectivity index (χ1v) is 6.55. The van der Waals surface area contributed by atoms with Crippen LogP contribution in [0.2, 0.25) is 0 Å². The Labute approximate surface area is 118 Å². The van der Waals surface area contributed by atoms with Crippen LogP contribution in [-0.4, -0.2) is 29.1 Å². The third kappa shape index (κ3) is 2.60. The highest BCUT2D eigenvalue weighted by atomic mass is 79.9. The van der Waals surface area contributed by atoms with Gasteiger partial charge >= 0.3 is 5.97 Å². The summed E-state index contributed by atoms with van der Waals surface area (Å²) in [6.45, 7) is 2.06. The van der Waals surface area contributed by atoms with Gasteiger partial charge in [0.05, 0.1) is 17.9 Å². The van der Waals surface area contributed by atoms with Gasteiger partial charge in [0.15, 0.2) is 4.83 Å². The Morgan fingerprint density at radius 1 is 1.47 bits per heavy atom. The molecule has 2 N–H and O–H groups in total. The highest BCUT2D eigenvalue weighted by molar-refractivity contribution is 9.10. The van der Waals surface area contributed by atoms with E-state index < -0.39 is 10.8 Å². The molecule has 1 aliphatic heterocycles. The number of carbonyl (C=O) groups excluding carboxylic acids is 2. The number of alkyl halides is 1. The summed E-state index contributed by atoms with van der Waals surface area (Å²) in [5.41, 5.74) is 6.55. The third-order valence-electron chi connectivity index (χ3n) is 2.52. The number of hydrogen-bond acceptors (Lipinski definition) is 5. The highest BCUT2D eigenvalue weighted by Crippen LogP contribution is 2.23. The topological polar surface area (TPSA) is 85.0 Å². The van der Waals surface area contributed by atoms with Gasteiger partial charge in [-0.2, -0.15) is 10.1 Å². The van der Waals surface area contributed by atoms with Crippen molar-refractivity contribution in [2.75, 3.05) is 11.6 Å². The minimum absolute atomic E-state index is 0.208. The molecule has 0 bridgehead atoms. The summed E-state index contributed by atoms with van der Waals surface area (Å²) >= 11 is 3.14. The lowest BCUT2D eigenvalue weighted by Crippen LogP contribution is -2.29. The first-order valence-electron chi connectivity index (χ1n) is 5.63. The van der Waals surface area contributed by atoms with Gasteiger partial charge in [-0.1, -0.05) is 15.9 Å². The van der Waals surface area contributed by atoms with Crippen molar-refractivity contribution in [3.8, 4) is 0 Å². The van der Waals surface area contributed by atoms with Crippen molar-refractivity contribution in [2.24, 2.45) is 10.8 Å². The van der Waals surface area contributed by atoms with E-state index in [1.807, 2.05) is 0 Å². The molecule has 19 heavy (non-hydrogen) atoms. The second-order valence-corrected chi connectivity index (χ2v) is 4.72. The summed E-state index contributed by atoms with van der Waals surface area (Å²) in [6.07, 6.45) is 0. The summed E-state index contributed by atoms with van der Waals surface area (Å²) < 4.78 is 4.87. The first-order chi connectivity index (χ1) is 9.04. The van der Waals surface area contributed by atoms with Crippen molar-refractivity contribution in [3.05, 3.63) is 29.8 Å². The largest absolute Gasteiger partial charge is 0.462 e. The van der Waals surface area contributed by atoms with Gasteiger partial charge in [-0.05, 0) is 31.2 Å². The van der Waals surface area contributed by atoms with E-state index in [9.17, 15) is 9.59 Å². The average Bonchev–Trinajstić information content (AvgIpc) is 2.67. The van der Waals surface area contributed by atoms with Crippen molar-refractivity contribution in [1.82, 2.24) is 0 Å². The molecule has 1 heterocycles. The predicted molar refractivity (Wildman–Crippen MR) is 74.2 cm³/mol. The SMILES string of the molecule is CCOC(=O)c1ccc(N2N=C(N)C(Br)C2=O)cc1. The zero-order valence-electron chi connectivity index (χ0n) is 10.2. The number of nitrogens with zero attached hydrogens (tertiary/aromatic N) is 2. The van der Waals surface area contributed by atoms with Gasteiger partial charge in [0.2, 0.25) is 0 Å². The fraction of sp³-hybridized carbons (Fsp3) is 0.250. The molecule has 0 aromatic heterocycles. The molecule has 1 amide bonds. The van der Waals surface area contributed by atoms with Gasteiger partial charge in [-0.15, -0.1) is 0 Å².